The molecule has 87 heavy (non-hydrogen) atoms. The van der Waals surface area contributed by atoms with E-state index >= 15 is 0 Å². The maximum absolute atomic E-state index is 13.6. The highest BCUT2D eigenvalue weighted by atomic mass is 31.2. The van der Waals surface area contributed by atoms with Gasteiger partial charge >= 0.3 is 5.97 Å². The lowest BCUT2D eigenvalue weighted by atomic mass is 10.0. The molecular weight excluding hydrogens is 1100 g/mol. The van der Waals surface area contributed by atoms with Crippen molar-refractivity contribution < 1.29 is 37.3 Å². The molecule has 0 rings (SSSR count). The second-order valence-electron chi connectivity index (χ2n) is 26.4. The number of ether oxygens (including phenoxy) is 1. The van der Waals surface area contributed by atoms with Crippen LogP contribution in [-0.2, 0) is 27.9 Å². The molecule has 0 saturated carbocycles. The van der Waals surface area contributed by atoms with Crippen molar-refractivity contribution in [3.05, 3.63) is 72.9 Å². The van der Waals surface area contributed by atoms with Crippen molar-refractivity contribution in [1.82, 2.24) is 5.32 Å². The summed E-state index contributed by atoms with van der Waals surface area (Å²) < 4.78 is 30.5. The number of rotatable bonds is 68. The predicted molar refractivity (Wildman–Crippen MR) is 376 cm³/mol. The summed E-state index contributed by atoms with van der Waals surface area (Å²) in [5.41, 5.74) is 0. The highest BCUT2D eigenvalue weighted by Crippen LogP contribution is 2.38. The monoisotopic (exact) mass is 1240 g/mol. The summed E-state index contributed by atoms with van der Waals surface area (Å²) in [5, 5.41) is 3.05. The second-order valence-corrected chi connectivity index (χ2v) is 27.8. The molecule has 3 unspecified atom stereocenters. The second kappa shape index (κ2) is 66.4. The number of amides is 1. The topological polar surface area (TPSA) is 114 Å². The molecule has 0 spiro atoms. The summed E-state index contributed by atoms with van der Waals surface area (Å²) in [5.74, 6) is -0.533. The molecule has 0 aliphatic carbocycles. The van der Waals surface area contributed by atoms with E-state index in [1.165, 1.54) is 218 Å². The molecule has 0 aliphatic heterocycles. The minimum Gasteiger partial charge on any atom is -0.756 e. The van der Waals surface area contributed by atoms with Crippen LogP contribution in [0, 0.1) is 0 Å². The molecule has 1 N–H and O–H groups in total. The molecule has 0 aromatic heterocycles. The number of carbonyl (C=O) groups is 2. The van der Waals surface area contributed by atoms with Gasteiger partial charge in [-0.3, -0.25) is 14.2 Å². The lowest BCUT2D eigenvalue weighted by molar-refractivity contribution is -0.870. The molecule has 0 radical (unpaired) electrons. The number of allylic oxidation sites excluding steroid dienone is 11. The molecule has 0 saturated heterocycles. The Balaban J connectivity index is 5.06. The normalized spacial score (nSPS) is 13.9. The fourth-order valence-electron chi connectivity index (χ4n) is 11.0. The molecule has 3 atom stereocenters. The third-order valence-electron chi connectivity index (χ3n) is 16.7. The highest BCUT2D eigenvalue weighted by molar-refractivity contribution is 7.45. The van der Waals surface area contributed by atoms with Crippen LogP contribution in [0.3, 0.4) is 0 Å². The van der Waals surface area contributed by atoms with E-state index in [2.05, 4.69) is 86.8 Å². The van der Waals surface area contributed by atoms with Crippen molar-refractivity contribution in [2.75, 3.05) is 40.9 Å². The van der Waals surface area contributed by atoms with Gasteiger partial charge in [-0.05, 0) is 76.7 Å². The van der Waals surface area contributed by atoms with Crippen molar-refractivity contribution in [1.29, 1.82) is 0 Å². The minimum atomic E-state index is -4.71. The van der Waals surface area contributed by atoms with Crippen molar-refractivity contribution >= 4 is 19.7 Å². The van der Waals surface area contributed by atoms with Crippen molar-refractivity contribution in [2.45, 2.75) is 367 Å². The van der Waals surface area contributed by atoms with Crippen molar-refractivity contribution in [3.8, 4) is 0 Å². The van der Waals surface area contributed by atoms with Gasteiger partial charge in [-0.25, -0.2) is 0 Å². The van der Waals surface area contributed by atoms with Crippen LogP contribution in [0.4, 0.5) is 0 Å². The first-order valence-corrected chi connectivity index (χ1v) is 38.7. The van der Waals surface area contributed by atoms with E-state index in [9.17, 15) is 19.0 Å². The Kier molecular flexibility index (Phi) is 64.4. The average molecular weight is 1240 g/mol. The van der Waals surface area contributed by atoms with Crippen LogP contribution in [0.5, 0.6) is 0 Å². The van der Waals surface area contributed by atoms with Gasteiger partial charge in [-0.2, -0.15) is 0 Å². The molecule has 0 aliphatic rings. The lowest BCUT2D eigenvalue weighted by Gasteiger charge is -2.30. The van der Waals surface area contributed by atoms with Crippen LogP contribution < -0.4 is 10.2 Å². The fraction of sp³-hybridized carbons (Fsp3) is 0.818. The summed E-state index contributed by atoms with van der Waals surface area (Å²) in [7, 11) is 1.19. The number of phosphoric ester groups is 1. The van der Waals surface area contributed by atoms with Gasteiger partial charge in [0.1, 0.15) is 19.3 Å². The van der Waals surface area contributed by atoms with E-state index in [0.29, 0.717) is 17.4 Å². The van der Waals surface area contributed by atoms with E-state index in [1.807, 2.05) is 33.3 Å². The third kappa shape index (κ3) is 67.7. The van der Waals surface area contributed by atoms with E-state index in [0.717, 1.165) is 103 Å². The Hall–Kier alpha value is -2.55. The Labute approximate surface area is 540 Å². The average Bonchev–Trinajstić information content (AvgIpc) is 3.70. The van der Waals surface area contributed by atoms with E-state index in [1.54, 1.807) is 0 Å². The Morgan fingerprint density at radius 3 is 1.10 bits per heavy atom. The van der Waals surface area contributed by atoms with Crippen molar-refractivity contribution in [3.63, 3.8) is 0 Å². The van der Waals surface area contributed by atoms with Gasteiger partial charge in [0.2, 0.25) is 5.91 Å². The van der Waals surface area contributed by atoms with Gasteiger partial charge in [-0.1, -0.05) is 338 Å². The number of esters is 1. The van der Waals surface area contributed by atoms with Gasteiger partial charge < -0.3 is 28.5 Å². The lowest BCUT2D eigenvalue weighted by Crippen LogP contribution is -2.47. The van der Waals surface area contributed by atoms with Crippen LogP contribution in [0.1, 0.15) is 355 Å². The zero-order valence-corrected chi connectivity index (χ0v) is 59.1. The van der Waals surface area contributed by atoms with Crippen LogP contribution >= 0.6 is 7.82 Å². The number of nitrogens with one attached hydrogen (secondary N) is 1. The van der Waals surface area contributed by atoms with Crippen LogP contribution in [0.15, 0.2) is 72.9 Å². The maximum atomic E-state index is 13.6. The summed E-state index contributed by atoms with van der Waals surface area (Å²) >= 11 is 0. The SMILES string of the molecule is CC/C=C\C/C=C\C/C=C\C/C=C\C/C=C\CCCCCCCCCCCC(=O)NC(COP(=O)([O-])OCC[N+](C)(C)C)C(/C=C/CCCCCCCCCCCCC)OC(=O)CCCCCCCCCCCCCCCCCCCCCCCCC. The van der Waals surface area contributed by atoms with Crippen LogP contribution in [-0.4, -0.2) is 69.4 Å². The number of nitrogens with zero attached hydrogens (tertiary/aromatic N) is 1. The number of quaternary nitrogens is 1. The predicted octanol–water partition coefficient (Wildman–Crippen LogP) is 23.3. The molecular formula is C77H143N2O7P. The quantitative estimate of drug-likeness (QED) is 0.0212. The van der Waals surface area contributed by atoms with E-state index < -0.39 is 20.0 Å². The summed E-state index contributed by atoms with van der Waals surface area (Å²) in [4.78, 5) is 40.3. The maximum Gasteiger partial charge on any atom is 0.306 e. The van der Waals surface area contributed by atoms with E-state index in [4.69, 9.17) is 13.8 Å². The Morgan fingerprint density at radius 2 is 0.736 bits per heavy atom. The molecule has 0 aromatic rings. The zero-order valence-electron chi connectivity index (χ0n) is 58.2. The number of phosphoric acid groups is 1. The van der Waals surface area contributed by atoms with E-state index in [-0.39, 0.29) is 31.5 Å². The van der Waals surface area contributed by atoms with Crippen LogP contribution in [0.25, 0.3) is 0 Å². The summed E-state index contributed by atoms with van der Waals surface area (Å²) in [6, 6.07) is -0.894. The van der Waals surface area contributed by atoms with Gasteiger partial charge in [-0.15, -0.1) is 0 Å². The van der Waals surface area contributed by atoms with Crippen LogP contribution in [0.2, 0.25) is 0 Å². The smallest absolute Gasteiger partial charge is 0.306 e. The van der Waals surface area contributed by atoms with Gasteiger partial charge in [0, 0.05) is 12.8 Å². The van der Waals surface area contributed by atoms with Crippen molar-refractivity contribution in [2.24, 2.45) is 0 Å². The third-order valence-corrected chi connectivity index (χ3v) is 17.6. The zero-order chi connectivity index (χ0) is 63.5. The number of likely N-dealkylation sites (N-methyl/N-ethyl adjacent to an activating group) is 1. The number of unbranched alkanes of at least 4 members (excludes halogenated alkanes) is 42. The molecule has 0 fully saturated rings. The number of carbonyl (C=O) groups excluding carboxylic acids is 2. The molecule has 0 heterocycles. The largest absolute Gasteiger partial charge is 0.756 e. The Morgan fingerprint density at radius 1 is 0.414 bits per heavy atom. The number of hydrogen-bond donors (Lipinski definition) is 1. The minimum absolute atomic E-state index is 0.0239. The first kappa shape index (κ1) is 84.5. The molecule has 9 nitrogen and oxygen atoms in total. The van der Waals surface area contributed by atoms with Gasteiger partial charge in [0.15, 0.2) is 0 Å². The molecule has 0 aromatic carbocycles. The molecule has 508 valence electrons. The molecule has 0 bridgehead atoms. The molecule has 10 heteroatoms. The first-order chi connectivity index (χ1) is 42.4. The number of hydrogen-bond acceptors (Lipinski definition) is 7. The molecule has 1 amide bonds. The standard InChI is InChI=1S/C77H143N2O7P/c1-7-10-13-16-19-22-25-28-30-32-34-36-38-39-41-42-44-46-48-51-54-57-60-63-66-69-76(80)78-74(73-85-87(82,83)84-72-71-79(4,5)6)75(68-65-62-59-56-53-50-27-24-21-18-15-12-9-3)86-77(81)70-67-64-61-58-55-52-49-47-45-43-40-37-35-33-31-29-26-23-20-17-14-11-8-2/h10,13,19,22,28,30,34,36,39,41,65,68,74-75H,7-9,11-12,14-18,20-21,23-27,29,31-33,35,37-38,40,42-64,66-67,69-73H2,1-6H3,(H-,78,80,82,83)/b13-10-,22-19-,30-28-,36-34-,41-39-,68-65+. The highest BCUT2D eigenvalue weighted by Gasteiger charge is 2.27. The van der Waals surface area contributed by atoms with Gasteiger partial charge in [0.25, 0.3) is 7.82 Å². The summed E-state index contributed by atoms with van der Waals surface area (Å²) in [6.07, 6.45) is 87.4. The van der Waals surface area contributed by atoms with Gasteiger partial charge in [0.05, 0.1) is 33.8 Å². The first-order valence-electron chi connectivity index (χ1n) is 37.2. The Bertz CT molecular complexity index is 1720. The fourth-order valence-corrected chi connectivity index (χ4v) is 11.7. The summed E-state index contributed by atoms with van der Waals surface area (Å²) in [6.45, 7) is 6.78.